The minimum Gasteiger partial charge on any atom is -0.341 e. The first-order valence-corrected chi connectivity index (χ1v) is 5.40. The van der Waals surface area contributed by atoms with E-state index >= 15 is 0 Å². The molecule has 0 heterocycles. The number of nitrogens with zero attached hydrogens (tertiary/aromatic N) is 1. The zero-order chi connectivity index (χ0) is 12.3. The highest BCUT2D eigenvalue weighted by molar-refractivity contribution is 5.85. The molecule has 17 heavy (non-hydrogen) atoms. The largest absolute Gasteiger partial charge is 0.390 e. The third-order valence-corrected chi connectivity index (χ3v) is 2.54. The van der Waals surface area contributed by atoms with Crippen LogP contribution in [0, 0.1) is 5.92 Å². The van der Waals surface area contributed by atoms with Crippen LogP contribution < -0.4 is 5.73 Å². The molecule has 3 nitrogen and oxygen atoms in total. The minimum atomic E-state index is -4.22. The maximum absolute atomic E-state index is 12.1. The summed E-state index contributed by atoms with van der Waals surface area (Å²) in [6.07, 6.45) is -3.19. The summed E-state index contributed by atoms with van der Waals surface area (Å²) in [4.78, 5) is 12.8. The molecule has 1 aliphatic rings. The molecule has 1 rings (SSSR count). The fourth-order valence-electron chi connectivity index (χ4n) is 1.45. The van der Waals surface area contributed by atoms with Crippen LogP contribution in [0.5, 0.6) is 0 Å². The van der Waals surface area contributed by atoms with Gasteiger partial charge >= 0.3 is 6.18 Å². The number of nitrogens with two attached hydrogens (primary N) is 1. The van der Waals surface area contributed by atoms with Gasteiger partial charge in [0, 0.05) is 13.1 Å². The Balaban J connectivity index is 0.00000256. The molecule has 1 saturated carbocycles. The molecule has 0 spiro atoms. The number of halogens is 4. The van der Waals surface area contributed by atoms with Crippen LogP contribution >= 0.6 is 12.4 Å². The minimum absolute atomic E-state index is 0. The number of hydrogen-bond acceptors (Lipinski definition) is 2. The first-order valence-electron chi connectivity index (χ1n) is 5.40. The number of carbonyl (C=O) groups excluding carboxylic acids is 1. The molecule has 1 aliphatic carbocycles. The number of alkyl halides is 3. The van der Waals surface area contributed by atoms with Crippen LogP contribution in [0.3, 0.4) is 0 Å². The van der Waals surface area contributed by atoms with Crippen LogP contribution in [-0.2, 0) is 4.79 Å². The van der Waals surface area contributed by atoms with Crippen LogP contribution in [0.25, 0.3) is 0 Å². The van der Waals surface area contributed by atoms with E-state index in [0.29, 0.717) is 12.5 Å². The van der Waals surface area contributed by atoms with E-state index in [2.05, 4.69) is 0 Å². The predicted octanol–water partition coefficient (Wildman–Crippen LogP) is 1.95. The third kappa shape index (κ3) is 6.73. The van der Waals surface area contributed by atoms with Crippen molar-refractivity contribution in [3.05, 3.63) is 0 Å². The lowest BCUT2D eigenvalue weighted by Gasteiger charge is -2.24. The van der Waals surface area contributed by atoms with Crippen molar-refractivity contribution in [2.24, 2.45) is 11.7 Å². The summed E-state index contributed by atoms with van der Waals surface area (Å²) in [6.45, 7) is 1.63. The molecule has 0 saturated heterocycles. The van der Waals surface area contributed by atoms with Gasteiger partial charge in [-0.25, -0.2) is 0 Å². The highest BCUT2D eigenvalue weighted by Gasteiger charge is 2.32. The summed E-state index contributed by atoms with van der Waals surface area (Å²) in [5.41, 5.74) is 5.40. The van der Waals surface area contributed by atoms with Gasteiger partial charge in [-0.3, -0.25) is 4.79 Å². The quantitative estimate of drug-likeness (QED) is 0.833. The van der Waals surface area contributed by atoms with Gasteiger partial charge in [0.25, 0.3) is 0 Å². The van der Waals surface area contributed by atoms with Crippen molar-refractivity contribution < 1.29 is 18.0 Å². The number of hydrogen-bond donors (Lipinski definition) is 1. The van der Waals surface area contributed by atoms with E-state index < -0.39 is 24.5 Å². The summed E-state index contributed by atoms with van der Waals surface area (Å²) in [6, 6.07) is -0.730. The average molecular weight is 275 g/mol. The SMILES string of the molecule is C[C@@H](N)C(=O)N(CCC(F)(F)F)CC1CC1.Cl. The summed E-state index contributed by atoms with van der Waals surface area (Å²) >= 11 is 0. The van der Waals surface area contributed by atoms with Crippen LogP contribution in [-0.4, -0.2) is 36.1 Å². The van der Waals surface area contributed by atoms with Crippen molar-refractivity contribution in [2.45, 2.75) is 38.4 Å². The molecular formula is C10H18ClF3N2O. The topological polar surface area (TPSA) is 46.3 Å². The van der Waals surface area contributed by atoms with Gasteiger partial charge in [-0.15, -0.1) is 12.4 Å². The van der Waals surface area contributed by atoms with Gasteiger partial charge in [0.15, 0.2) is 0 Å². The van der Waals surface area contributed by atoms with E-state index in [4.69, 9.17) is 5.73 Å². The van der Waals surface area contributed by atoms with Crippen LogP contribution in [0.2, 0.25) is 0 Å². The highest BCUT2D eigenvalue weighted by Crippen LogP contribution is 2.30. The molecular weight excluding hydrogens is 257 g/mol. The molecule has 2 N–H and O–H groups in total. The second kappa shape index (κ2) is 6.44. The van der Waals surface area contributed by atoms with E-state index in [-0.39, 0.29) is 19.0 Å². The maximum atomic E-state index is 12.1. The van der Waals surface area contributed by atoms with Crippen molar-refractivity contribution in [3.63, 3.8) is 0 Å². The number of carbonyl (C=O) groups is 1. The molecule has 0 aromatic carbocycles. The average Bonchev–Trinajstić information content (AvgIpc) is 2.93. The zero-order valence-electron chi connectivity index (χ0n) is 9.67. The Morgan fingerprint density at radius 2 is 2.00 bits per heavy atom. The fourth-order valence-corrected chi connectivity index (χ4v) is 1.45. The fraction of sp³-hybridized carbons (Fsp3) is 0.900. The molecule has 0 unspecified atom stereocenters. The Bertz CT molecular complexity index is 254. The summed E-state index contributed by atoms with van der Waals surface area (Å²) in [5, 5.41) is 0. The standard InChI is InChI=1S/C10H17F3N2O.ClH/c1-7(14)9(16)15(6-8-2-3-8)5-4-10(11,12)13;/h7-8H,2-6,14H2,1H3;1H/t7-;/m1./s1. The molecule has 0 bridgehead atoms. The van der Waals surface area contributed by atoms with Gasteiger partial charge in [0.05, 0.1) is 12.5 Å². The zero-order valence-corrected chi connectivity index (χ0v) is 10.5. The first kappa shape index (κ1) is 16.5. The molecule has 0 aromatic rings. The van der Waals surface area contributed by atoms with Crippen LogP contribution in [0.1, 0.15) is 26.2 Å². The Hall–Kier alpha value is -0.490. The Morgan fingerprint density at radius 3 is 2.35 bits per heavy atom. The van der Waals surface area contributed by atoms with Crippen molar-refractivity contribution in [2.75, 3.05) is 13.1 Å². The van der Waals surface area contributed by atoms with Crippen molar-refractivity contribution in [1.29, 1.82) is 0 Å². The van der Waals surface area contributed by atoms with E-state index in [1.165, 1.54) is 11.8 Å². The van der Waals surface area contributed by atoms with Crippen molar-refractivity contribution >= 4 is 18.3 Å². The van der Waals surface area contributed by atoms with Crippen molar-refractivity contribution in [3.8, 4) is 0 Å². The van der Waals surface area contributed by atoms with Gasteiger partial charge in [-0.2, -0.15) is 13.2 Å². The lowest BCUT2D eigenvalue weighted by molar-refractivity contribution is -0.146. The van der Waals surface area contributed by atoms with Gasteiger partial charge in [0.1, 0.15) is 0 Å². The second-order valence-electron chi connectivity index (χ2n) is 4.38. The number of amides is 1. The van der Waals surface area contributed by atoms with E-state index in [9.17, 15) is 18.0 Å². The monoisotopic (exact) mass is 274 g/mol. The Morgan fingerprint density at radius 1 is 1.47 bits per heavy atom. The maximum Gasteiger partial charge on any atom is 0.390 e. The van der Waals surface area contributed by atoms with Crippen LogP contribution in [0.15, 0.2) is 0 Å². The molecule has 0 aliphatic heterocycles. The number of rotatable bonds is 5. The summed E-state index contributed by atoms with van der Waals surface area (Å²) < 4.78 is 36.2. The molecule has 0 aromatic heterocycles. The van der Waals surface area contributed by atoms with Crippen LogP contribution in [0.4, 0.5) is 13.2 Å². The molecule has 0 radical (unpaired) electrons. The first-order chi connectivity index (χ1) is 7.29. The molecule has 102 valence electrons. The Labute approximate surface area is 105 Å². The Kier molecular flexibility index (Phi) is 6.26. The highest BCUT2D eigenvalue weighted by atomic mass is 35.5. The lowest BCUT2D eigenvalue weighted by Crippen LogP contribution is -2.44. The van der Waals surface area contributed by atoms with E-state index in [1.54, 1.807) is 0 Å². The van der Waals surface area contributed by atoms with Crippen molar-refractivity contribution in [1.82, 2.24) is 4.90 Å². The van der Waals surface area contributed by atoms with Gasteiger partial charge in [-0.05, 0) is 25.7 Å². The second-order valence-corrected chi connectivity index (χ2v) is 4.38. The van der Waals surface area contributed by atoms with Gasteiger partial charge in [0.2, 0.25) is 5.91 Å². The molecule has 7 heteroatoms. The van der Waals surface area contributed by atoms with Gasteiger partial charge < -0.3 is 10.6 Å². The normalized spacial score (nSPS) is 17.2. The van der Waals surface area contributed by atoms with Gasteiger partial charge in [-0.1, -0.05) is 0 Å². The predicted molar refractivity (Wildman–Crippen MR) is 60.9 cm³/mol. The smallest absolute Gasteiger partial charge is 0.341 e. The third-order valence-electron chi connectivity index (χ3n) is 2.54. The van der Waals surface area contributed by atoms with E-state index in [0.717, 1.165) is 12.8 Å². The summed E-state index contributed by atoms with van der Waals surface area (Å²) in [7, 11) is 0. The summed E-state index contributed by atoms with van der Waals surface area (Å²) in [5.74, 6) is -0.0212. The molecule has 1 fully saturated rings. The molecule has 1 atom stereocenters. The molecule has 1 amide bonds. The van der Waals surface area contributed by atoms with E-state index in [1.807, 2.05) is 0 Å². The lowest BCUT2D eigenvalue weighted by atomic mass is 10.2.